The molecule has 7 nitrogen and oxygen atoms in total. The fraction of sp³-hybridized carbons (Fsp3) is 0.0833. The molecule has 4 aromatic rings. The Morgan fingerprint density at radius 1 is 1.00 bits per heavy atom. The van der Waals surface area contributed by atoms with Gasteiger partial charge < -0.3 is 14.6 Å². The molecule has 0 fully saturated rings. The van der Waals surface area contributed by atoms with Crippen LogP contribution in [0, 0.1) is 0 Å². The number of benzene rings is 3. The molecule has 1 amide bonds. The Morgan fingerprint density at radius 3 is 2.33 bits per heavy atom. The number of pyridine rings is 1. The highest BCUT2D eigenvalue weighted by Gasteiger charge is 2.24. The maximum atomic E-state index is 13.3. The quantitative estimate of drug-likeness (QED) is 0.446. The molecule has 1 heterocycles. The Bertz CT molecular complexity index is 1500. The molecule has 0 radical (unpaired) electrons. The number of nitrogens with one attached hydrogen (secondary N) is 1. The number of aromatic nitrogens is 1. The minimum Gasteiger partial charge on any atom is -0.497 e. The van der Waals surface area contributed by atoms with Gasteiger partial charge in [-0.25, -0.2) is 8.42 Å². The van der Waals surface area contributed by atoms with Crippen molar-refractivity contribution in [2.45, 2.75) is 16.3 Å². The molecule has 0 saturated carbocycles. The van der Waals surface area contributed by atoms with Crippen molar-refractivity contribution >= 4 is 43.9 Å². The van der Waals surface area contributed by atoms with Crippen molar-refractivity contribution in [3.8, 4) is 5.75 Å². The molecular weight excluding hydrogens is 464 g/mol. The van der Waals surface area contributed by atoms with Crippen LogP contribution in [0.25, 0.3) is 10.9 Å². The summed E-state index contributed by atoms with van der Waals surface area (Å²) < 4.78 is 33.1. The van der Waals surface area contributed by atoms with Crippen molar-refractivity contribution < 1.29 is 17.9 Å². The second-order valence-corrected chi connectivity index (χ2v) is 9.56. The lowest BCUT2D eigenvalue weighted by molar-refractivity contribution is -0.116. The lowest BCUT2D eigenvalue weighted by Crippen LogP contribution is -2.23. The van der Waals surface area contributed by atoms with Crippen molar-refractivity contribution in [2.75, 3.05) is 12.4 Å². The summed E-state index contributed by atoms with van der Waals surface area (Å²) in [5, 5.41) is 3.47. The molecule has 0 atom stereocenters. The molecule has 0 unspecified atom stereocenters. The van der Waals surface area contributed by atoms with Gasteiger partial charge in [-0.05, 0) is 60.7 Å². The molecule has 33 heavy (non-hydrogen) atoms. The van der Waals surface area contributed by atoms with Crippen molar-refractivity contribution in [3.05, 3.63) is 94.2 Å². The zero-order valence-corrected chi connectivity index (χ0v) is 19.1. The van der Waals surface area contributed by atoms with Gasteiger partial charge in [0.2, 0.25) is 21.2 Å². The molecular formula is C24H19ClN2O5S. The molecule has 1 N–H and O–H groups in total. The van der Waals surface area contributed by atoms with Gasteiger partial charge in [-0.3, -0.25) is 9.59 Å². The summed E-state index contributed by atoms with van der Waals surface area (Å²) in [4.78, 5) is 25.3. The van der Waals surface area contributed by atoms with Gasteiger partial charge >= 0.3 is 0 Å². The summed E-state index contributed by atoms with van der Waals surface area (Å²) in [6.07, 6.45) is 1.21. The van der Waals surface area contributed by atoms with Crippen LogP contribution in [0.1, 0.15) is 0 Å². The summed E-state index contributed by atoms with van der Waals surface area (Å²) in [6.45, 7) is -0.200. The fourth-order valence-corrected chi connectivity index (χ4v) is 4.91. The van der Waals surface area contributed by atoms with E-state index >= 15 is 0 Å². The average molecular weight is 483 g/mol. The third-order valence-corrected chi connectivity index (χ3v) is 7.07. The second-order valence-electron chi connectivity index (χ2n) is 7.20. The van der Waals surface area contributed by atoms with E-state index in [1.54, 1.807) is 42.5 Å². The zero-order valence-electron chi connectivity index (χ0n) is 17.5. The number of halogens is 1. The molecule has 1 aromatic heterocycles. The Balaban J connectivity index is 1.77. The van der Waals surface area contributed by atoms with Gasteiger partial charge in [-0.15, -0.1) is 0 Å². The molecule has 168 valence electrons. The van der Waals surface area contributed by atoms with E-state index in [0.717, 1.165) is 0 Å². The number of ether oxygens (including phenoxy) is 1. The van der Waals surface area contributed by atoms with Crippen LogP contribution in [0.3, 0.4) is 0 Å². The van der Waals surface area contributed by atoms with E-state index in [1.165, 1.54) is 48.2 Å². The number of nitrogens with zero attached hydrogens (tertiary/aromatic N) is 1. The van der Waals surface area contributed by atoms with Crippen LogP contribution in [0.2, 0.25) is 5.02 Å². The zero-order chi connectivity index (χ0) is 23.6. The van der Waals surface area contributed by atoms with Crippen molar-refractivity contribution in [1.82, 2.24) is 4.57 Å². The molecule has 0 bridgehead atoms. The molecule has 0 aliphatic carbocycles. The maximum Gasteiger partial charge on any atom is 0.244 e. The molecule has 4 rings (SSSR count). The smallest absolute Gasteiger partial charge is 0.244 e. The maximum absolute atomic E-state index is 13.3. The number of carbonyl (C=O) groups is 1. The number of hydrogen-bond donors (Lipinski definition) is 1. The first-order valence-electron chi connectivity index (χ1n) is 9.86. The van der Waals surface area contributed by atoms with Crippen molar-refractivity contribution in [1.29, 1.82) is 0 Å². The van der Waals surface area contributed by atoms with Crippen LogP contribution < -0.4 is 15.5 Å². The number of carbonyl (C=O) groups excluding carboxylic acids is 1. The molecule has 0 saturated heterocycles. The van der Waals surface area contributed by atoms with Gasteiger partial charge in [0.1, 0.15) is 17.2 Å². The van der Waals surface area contributed by atoms with Crippen LogP contribution in [-0.2, 0) is 21.2 Å². The van der Waals surface area contributed by atoms with Gasteiger partial charge in [0.05, 0.1) is 17.5 Å². The lowest BCUT2D eigenvalue weighted by Gasteiger charge is -2.14. The monoisotopic (exact) mass is 482 g/mol. The molecule has 0 aliphatic rings. The highest BCUT2D eigenvalue weighted by atomic mass is 35.5. The van der Waals surface area contributed by atoms with Gasteiger partial charge in [0, 0.05) is 22.3 Å². The number of sulfone groups is 1. The Kier molecular flexibility index (Phi) is 6.22. The topological polar surface area (TPSA) is 94.5 Å². The predicted octanol–water partition coefficient (Wildman–Crippen LogP) is 4.14. The summed E-state index contributed by atoms with van der Waals surface area (Å²) in [5.41, 5.74) is 0.360. The molecule has 0 spiro atoms. The highest BCUT2D eigenvalue weighted by molar-refractivity contribution is 7.91. The number of amides is 1. The van der Waals surface area contributed by atoms with Crippen LogP contribution >= 0.6 is 11.6 Å². The number of anilines is 1. The van der Waals surface area contributed by atoms with E-state index in [1.807, 2.05) is 0 Å². The first-order valence-corrected chi connectivity index (χ1v) is 11.7. The Labute approximate surface area is 195 Å². The van der Waals surface area contributed by atoms with E-state index in [9.17, 15) is 18.0 Å². The van der Waals surface area contributed by atoms with Crippen LogP contribution in [0.15, 0.2) is 93.6 Å². The largest absolute Gasteiger partial charge is 0.497 e. The Morgan fingerprint density at radius 2 is 1.67 bits per heavy atom. The number of fused-ring (bicyclic) bond motifs is 1. The van der Waals surface area contributed by atoms with E-state index in [-0.39, 0.29) is 22.7 Å². The van der Waals surface area contributed by atoms with Crippen LogP contribution in [-0.4, -0.2) is 26.0 Å². The molecule has 0 aliphatic heterocycles. The summed E-state index contributed by atoms with van der Waals surface area (Å²) in [7, 11) is -2.67. The minimum atomic E-state index is -4.14. The Hall–Kier alpha value is -3.62. The van der Waals surface area contributed by atoms with E-state index in [4.69, 9.17) is 16.3 Å². The van der Waals surface area contributed by atoms with Crippen LogP contribution in [0.4, 0.5) is 5.69 Å². The number of rotatable bonds is 6. The van der Waals surface area contributed by atoms with Gasteiger partial charge in [0.25, 0.3) is 0 Å². The second kappa shape index (κ2) is 9.09. The third-order valence-electron chi connectivity index (χ3n) is 5.06. The summed E-state index contributed by atoms with van der Waals surface area (Å²) in [5.74, 6) is 0.0997. The van der Waals surface area contributed by atoms with E-state index < -0.39 is 20.2 Å². The van der Waals surface area contributed by atoms with Crippen LogP contribution in [0.5, 0.6) is 5.75 Å². The number of para-hydroxylation sites is 1. The highest BCUT2D eigenvalue weighted by Crippen LogP contribution is 2.23. The third kappa shape index (κ3) is 4.62. The van der Waals surface area contributed by atoms with Crippen molar-refractivity contribution in [2.24, 2.45) is 0 Å². The summed E-state index contributed by atoms with van der Waals surface area (Å²) in [6, 6.07) is 18.9. The van der Waals surface area contributed by atoms with E-state index in [0.29, 0.717) is 22.0 Å². The van der Waals surface area contributed by atoms with Gasteiger partial charge in [-0.2, -0.15) is 0 Å². The number of methoxy groups -OCH3 is 1. The first kappa shape index (κ1) is 22.6. The van der Waals surface area contributed by atoms with Crippen molar-refractivity contribution in [3.63, 3.8) is 0 Å². The average Bonchev–Trinajstić information content (AvgIpc) is 2.82. The SMILES string of the molecule is COc1ccc(S(=O)(=O)c2cn(CC(=O)Nc3ccc(Cl)cc3)c3ccccc3c2=O)cc1. The number of hydrogen-bond acceptors (Lipinski definition) is 5. The lowest BCUT2D eigenvalue weighted by atomic mass is 10.2. The predicted molar refractivity (Wildman–Crippen MR) is 127 cm³/mol. The van der Waals surface area contributed by atoms with E-state index in [2.05, 4.69) is 5.32 Å². The standard InChI is InChI=1S/C24H19ClN2O5S/c1-32-18-10-12-19(13-11-18)33(30,31)22-14-27(21-5-3-2-4-20(21)24(22)29)15-23(28)26-17-8-6-16(25)7-9-17/h2-14H,15H2,1H3,(H,26,28). The minimum absolute atomic E-state index is 0.0483. The fourth-order valence-electron chi connectivity index (χ4n) is 3.41. The van der Waals surface area contributed by atoms with Gasteiger partial charge in [-0.1, -0.05) is 23.7 Å². The molecule has 3 aromatic carbocycles. The summed E-state index contributed by atoms with van der Waals surface area (Å²) >= 11 is 5.88. The van der Waals surface area contributed by atoms with Gasteiger partial charge in [0.15, 0.2) is 0 Å². The molecule has 9 heteroatoms. The normalized spacial score (nSPS) is 11.3. The first-order chi connectivity index (χ1) is 15.8.